The second-order valence-corrected chi connectivity index (χ2v) is 7.02. The number of carboxylic acids is 1. The van der Waals surface area contributed by atoms with Crippen LogP contribution in [0.5, 0.6) is 0 Å². The van der Waals surface area contributed by atoms with Crippen LogP contribution in [0.3, 0.4) is 0 Å². The average molecular weight is 312 g/mol. The third kappa shape index (κ3) is 3.90. The number of amides is 2. The van der Waals surface area contributed by atoms with E-state index in [9.17, 15) is 14.4 Å². The normalized spacial score (nSPS) is 25.4. The molecule has 0 aromatic carbocycles. The Balaban J connectivity index is 1.87. The van der Waals surface area contributed by atoms with Crippen molar-refractivity contribution in [1.29, 1.82) is 0 Å². The average Bonchev–Trinajstić information content (AvgIpc) is 3.05. The summed E-state index contributed by atoms with van der Waals surface area (Å²) in [6.45, 7) is 7.03. The van der Waals surface area contributed by atoms with Crippen molar-refractivity contribution in [3.8, 4) is 0 Å². The topological polar surface area (TPSA) is 87.2 Å². The summed E-state index contributed by atoms with van der Waals surface area (Å²) in [5.74, 6) is -1.61. The van der Waals surface area contributed by atoms with Crippen molar-refractivity contribution < 1.29 is 24.2 Å². The molecule has 0 radical (unpaired) electrons. The molecule has 0 aromatic heterocycles. The second kappa shape index (κ2) is 6.14. The zero-order valence-corrected chi connectivity index (χ0v) is 13.4. The summed E-state index contributed by atoms with van der Waals surface area (Å²) in [5, 5.41) is 8.99. The molecule has 2 atom stereocenters. The standard InChI is InChI=1S/C15H24N2O5/c1-15(2,3)22-14(21)17-7-4-10(8-17)12(18)16-6-5-11(9-16)13(19)20/h10-11H,4-9H2,1-3H3,(H,19,20). The molecule has 1 N–H and O–H groups in total. The third-order valence-electron chi connectivity index (χ3n) is 4.04. The van der Waals surface area contributed by atoms with E-state index in [0.29, 0.717) is 32.5 Å². The van der Waals surface area contributed by atoms with E-state index in [0.717, 1.165) is 0 Å². The van der Waals surface area contributed by atoms with Crippen molar-refractivity contribution in [2.45, 2.75) is 39.2 Å². The van der Waals surface area contributed by atoms with Gasteiger partial charge in [-0.15, -0.1) is 0 Å². The van der Waals surface area contributed by atoms with E-state index in [1.54, 1.807) is 30.6 Å². The van der Waals surface area contributed by atoms with Crippen molar-refractivity contribution in [3.63, 3.8) is 0 Å². The van der Waals surface area contributed by atoms with Gasteiger partial charge in [-0.05, 0) is 33.6 Å². The van der Waals surface area contributed by atoms with Crippen LogP contribution < -0.4 is 0 Å². The highest BCUT2D eigenvalue weighted by molar-refractivity contribution is 5.82. The first-order valence-corrected chi connectivity index (χ1v) is 7.67. The van der Waals surface area contributed by atoms with Gasteiger partial charge in [-0.2, -0.15) is 0 Å². The van der Waals surface area contributed by atoms with Crippen LogP contribution in [0.1, 0.15) is 33.6 Å². The van der Waals surface area contributed by atoms with Gasteiger partial charge in [-0.25, -0.2) is 4.79 Å². The maximum atomic E-state index is 12.4. The Bertz CT molecular complexity index is 471. The molecule has 0 aliphatic carbocycles. The lowest BCUT2D eigenvalue weighted by molar-refractivity contribution is -0.141. The van der Waals surface area contributed by atoms with Crippen LogP contribution in [0.25, 0.3) is 0 Å². The molecule has 2 amide bonds. The van der Waals surface area contributed by atoms with Gasteiger partial charge in [0.05, 0.1) is 11.8 Å². The van der Waals surface area contributed by atoms with Gasteiger partial charge in [0.2, 0.25) is 5.91 Å². The zero-order valence-electron chi connectivity index (χ0n) is 13.4. The lowest BCUT2D eigenvalue weighted by Crippen LogP contribution is -2.39. The number of hydrogen-bond donors (Lipinski definition) is 1. The maximum Gasteiger partial charge on any atom is 0.410 e. The monoisotopic (exact) mass is 312 g/mol. The van der Waals surface area contributed by atoms with Gasteiger partial charge in [-0.3, -0.25) is 9.59 Å². The molecule has 0 aromatic rings. The van der Waals surface area contributed by atoms with E-state index in [-0.39, 0.29) is 18.4 Å². The number of ether oxygens (including phenoxy) is 1. The molecule has 2 rings (SSSR count). The highest BCUT2D eigenvalue weighted by atomic mass is 16.6. The SMILES string of the molecule is CC(C)(C)OC(=O)N1CCC(C(=O)N2CCC(C(=O)O)C2)C1. The third-order valence-corrected chi connectivity index (χ3v) is 4.04. The molecule has 2 unspecified atom stereocenters. The Morgan fingerprint density at radius 1 is 1.00 bits per heavy atom. The van der Waals surface area contributed by atoms with Gasteiger partial charge in [0.15, 0.2) is 0 Å². The van der Waals surface area contributed by atoms with Gasteiger partial charge in [0.1, 0.15) is 5.60 Å². The molecule has 2 aliphatic rings. The highest BCUT2D eigenvalue weighted by Crippen LogP contribution is 2.24. The first-order valence-electron chi connectivity index (χ1n) is 7.67. The summed E-state index contributed by atoms with van der Waals surface area (Å²) in [6, 6.07) is 0. The summed E-state index contributed by atoms with van der Waals surface area (Å²) in [7, 11) is 0. The van der Waals surface area contributed by atoms with E-state index in [4.69, 9.17) is 9.84 Å². The summed E-state index contributed by atoms with van der Waals surface area (Å²) >= 11 is 0. The summed E-state index contributed by atoms with van der Waals surface area (Å²) in [4.78, 5) is 38.5. The molecule has 0 spiro atoms. The molecule has 7 nitrogen and oxygen atoms in total. The van der Waals surface area contributed by atoms with Crippen LogP contribution in [0.4, 0.5) is 4.79 Å². The molecule has 22 heavy (non-hydrogen) atoms. The minimum atomic E-state index is -0.850. The van der Waals surface area contributed by atoms with Crippen LogP contribution in [0.2, 0.25) is 0 Å². The minimum absolute atomic E-state index is 0.0465. The summed E-state index contributed by atoms with van der Waals surface area (Å²) < 4.78 is 5.31. The number of rotatable bonds is 2. The van der Waals surface area contributed by atoms with Gasteiger partial charge >= 0.3 is 12.1 Å². The maximum absolute atomic E-state index is 12.4. The molecular formula is C15H24N2O5. The van der Waals surface area contributed by atoms with Crippen molar-refractivity contribution in [2.24, 2.45) is 11.8 Å². The molecule has 7 heteroatoms. The fraction of sp³-hybridized carbons (Fsp3) is 0.800. The Kier molecular flexibility index (Phi) is 4.63. The lowest BCUT2D eigenvalue weighted by atomic mass is 10.1. The van der Waals surface area contributed by atoms with Gasteiger partial charge in [0, 0.05) is 26.2 Å². The Labute approximate surface area is 130 Å². The van der Waals surface area contributed by atoms with Crippen LogP contribution >= 0.6 is 0 Å². The summed E-state index contributed by atoms with van der Waals surface area (Å²) in [6.07, 6.45) is 0.711. The number of aliphatic carboxylic acids is 1. The minimum Gasteiger partial charge on any atom is -0.481 e. The predicted molar refractivity (Wildman–Crippen MR) is 78.2 cm³/mol. The van der Waals surface area contributed by atoms with Gasteiger partial charge in [0.25, 0.3) is 0 Å². The smallest absolute Gasteiger partial charge is 0.410 e. The van der Waals surface area contributed by atoms with Crippen LogP contribution in [-0.4, -0.2) is 64.7 Å². The number of likely N-dealkylation sites (tertiary alicyclic amines) is 2. The Hall–Kier alpha value is -1.79. The first kappa shape index (κ1) is 16.6. The largest absolute Gasteiger partial charge is 0.481 e. The number of carbonyl (C=O) groups excluding carboxylic acids is 2. The summed E-state index contributed by atoms with van der Waals surface area (Å²) in [5.41, 5.74) is -0.553. The van der Waals surface area contributed by atoms with Crippen LogP contribution in [-0.2, 0) is 14.3 Å². The van der Waals surface area contributed by atoms with Crippen molar-refractivity contribution in [2.75, 3.05) is 26.2 Å². The fourth-order valence-electron chi connectivity index (χ4n) is 2.87. The number of nitrogens with zero attached hydrogens (tertiary/aromatic N) is 2. The van der Waals surface area contributed by atoms with Crippen molar-refractivity contribution >= 4 is 18.0 Å². The van der Waals surface area contributed by atoms with E-state index >= 15 is 0 Å². The van der Waals surface area contributed by atoms with Crippen LogP contribution in [0.15, 0.2) is 0 Å². The van der Waals surface area contributed by atoms with Gasteiger partial charge in [-0.1, -0.05) is 0 Å². The number of carbonyl (C=O) groups is 3. The van der Waals surface area contributed by atoms with E-state index in [1.807, 2.05) is 0 Å². The lowest BCUT2D eigenvalue weighted by Gasteiger charge is -2.25. The first-order chi connectivity index (χ1) is 10.2. The molecule has 124 valence electrons. The van der Waals surface area contributed by atoms with Crippen molar-refractivity contribution in [1.82, 2.24) is 9.80 Å². The predicted octanol–water partition coefficient (Wildman–Crippen LogP) is 1.18. The molecule has 0 saturated carbocycles. The molecule has 0 bridgehead atoms. The second-order valence-electron chi connectivity index (χ2n) is 7.02. The van der Waals surface area contributed by atoms with Crippen molar-refractivity contribution in [3.05, 3.63) is 0 Å². The molecule has 2 heterocycles. The molecule has 2 fully saturated rings. The van der Waals surface area contributed by atoms with E-state index in [2.05, 4.69) is 0 Å². The fourth-order valence-corrected chi connectivity index (χ4v) is 2.87. The number of hydrogen-bond acceptors (Lipinski definition) is 4. The van der Waals surface area contributed by atoms with E-state index < -0.39 is 23.6 Å². The van der Waals surface area contributed by atoms with Crippen LogP contribution in [0, 0.1) is 11.8 Å². The Morgan fingerprint density at radius 2 is 1.55 bits per heavy atom. The quantitative estimate of drug-likeness (QED) is 0.827. The zero-order chi connectivity index (χ0) is 16.5. The molecule has 2 aliphatic heterocycles. The van der Waals surface area contributed by atoms with E-state index in [1.165, 1.54) is 0 Å². The van der Waals surface area contributed by atoms with Gasteiger partial charge < -0.3 is 19.6 Å². The molecular weight excluding hydrogens is 288 g/mol. The molecule has 2 saturated heterocycles. The number of carboxylic acid groups (broad SMARTS) is 1. The highest BCUT2D eigenvalue weighted by Gasteiger charge is 2.38. The Morgan fingerprint density at radius 3 is 2.09 bits per heavy atom.